The highest BCUT2D eigenvalue weighted by Gasteiger charge is 2.59. The van der Waals surface area contributed by atoms with E-state index in [2.05, 4.69) is 19.9 Å². The Balaban J connectivity index is 1.97. The van der Waals surface area contributed by atoms with Crippen LogP contribution in [0, 0.1) is 11.3 Å². The molecule has 2 N–H and O–H groups in total. The van der Waals surface area contributed by atoms with Gasteiger partial charge in [-0.15, -0.1) is 0 Å². The predicted octanol–water partition coefficient (Wildman–Crippen LogP) is 4.76. The summed E-state index contributed by atoms with van der Waals surface area (Å²) in [7, 11) is 0. The Morgan fingerprint density at radius 2 is 1.91 bits per heavy atom. The van der Waals surface area contributed by atoms with E-state index in [1.54, 1.807) is 0 Å². The first-order chi connectivity index (χ1) is 10.8. The summed E-state index contributed by atoms with van der Waals surface area (Å²) in [5.41, 5.74) is 3.10. The maximum absolute atomic E-state index is 10.9. The molecule has 1 aromatic rings. The second-order valence-corrected chi connectivity index (χ2v) is 8.87. The Kier molecular flexibility index (Phi) is 3.10. The number of phenolic OH excluding ortho intramolecular Hbond substituents is 2. The molecule has 2 fully saturated rings. The molecule has 1 aromatic carbocycles. The molecule has 5 rings (SSSR count). The van der Waals surface area contributed by atoms with Crippen molar-refractivity contribution in [3.8, 4) is 11.5 Å². The molecule has 23 heavy (non-hydrogen) atoms. The van der Waals surface area contributed by atoms with Crippen molar-refractivity contribution in [1.29, 1.82) is 0 Å². The first-order valence-electron chi connectivity index (χ1n) is 8.99. The zero-order chi connectivity index (χ0) is 16.6. The highest BCUT2D eigenvalue weighted by atomic mass is 16.5. The highest BCUT2D eigenvalue weighted by Crippen LogP contribution is 2.65. The molecule has 0 radical (unpaired) electrons. The molecule has 3 atom stereocenters. The van der Waals surface area contributed by atoms with Gasteiger partial charge in [0, 0.05) is 16.5 Å². The summed E-state index contributed by atoms with van der Waals surface area (Å²) in [6.07, 6.45) is 4.55. The molecule has 2 bridgehead atoms. The minimum absolute atomic E-state index is 0.0678. The summed E-state index contributed by atoms with van der Waals surface area (Å²) < 4.78 is 6.19. The fraction of sp³-hybridized carbons (Fsp3) is 0.700. The van der Waals surface area contributed by atoms with Crippen LogP contribution in [0.5, 0.6) is 11.5 Å². The zero-order valence-electron chi connectivity index (χ0n) is 14.6. The van der Waals surface area contributed by atoms with Crippen LogP contribution in [0.25, 0.3) is 0 Å². The van der Waals surface area contributed by atoms with Crippen molar-refractivity contribution < 1.29 is 14.9 Å². The summed E-state index contributed by atoms with van der Waals surface area (Å²) in [6, 6.07) is 2.10. The second-order valence-electron chi connectivity index (χ2n) is 8.87. The molecular formula is C20H28O3. The fourth-order valence-electron chi connectivity index (χ4n) is 5.71. The number of aromatic hydroxyl groups is 2. The molecule has 3 heteroatoms. The van der Waals surface area contributed by atoms with Crippen molar-refractivity contribution in [1.82, 2.24) is 0 Å². The zero-order valence-corrected chi connectivity index (χ0v) is 14.6. The van der Waals surface area contributed by atoms with Crippen LogP contribution in [-0.2, 0) is 10.2 Å². The smallest absolute Gasteiger partial charge is 0.162 e. The molecule has 2 heterocycles. The lowest BCUT2D eigenvalue weighted by atomic mass is 9.48. The van der Waals surface area contributed by atoms with E-state index in [9.17, 15) is 10.2 Å². The molecule has 0 amide bonds. The van der Waals surface area contributed by atoms with Gasteiger partial charge in [0.25, 0.3) is 0 Å². The van der Waals surface area contributed by atoms with Gasteiger partial charge in [0.15, 0.2) is 11.5 Å². The molecule has 2 aliphatic heterocycles. The van der Waals surface area contributed by atoms with E-state index >= 15 is 0 Å². The Labute approximate surface area is 138 Å². The molecule has 1 spiro atoms. The van der Waals surface area contributed by atoms with Crippen LogP contribution >= 0.6 is 0 Å². The van der Waals surface area contributed by atoms with Crippen LogP contribution in [0.3, 0.4) is 0 Å². The molecule has 3 nitrogen and oxygen atoms in total. The Bertz CT molecular complexity index is 661. The third-order valence-electron chi connectivity index (χ3n) is 6.85. The topological polar surface area (TPSA) is 49.7 Å². The van der Waals surface area contributed by atoms with E-state index < -0.39 is 0 Å². The largest absolute Gasteiger partial charge is 0.504 e. The quantitative estimate of drug-likeness (QED) is 0.734. The Morgan fingerprint density at radius 1 is 1.17 bits per heavy atom. The first-order valence-corrected chi connectivity index (χ1v) is 8.99. The van der Waals surface area contributed by atoms with Crippen molar-refractivity contribution in [2.75, 3.05) is 6.61 Å². The van der Waals surface area contributed by atoms with Crippen molar-refractivity contribution in [2.24, 2.45) is 11.3 Å². The van der Waals surface area contributed by atoms with Crippen LogP contribution in [-0.4, -0.2) is 16.8 Å². The highest BCUT2D eigenvalue weighted by molar-refractivity contribution is 5.61. The Hall–Kier alpha value is -1.22. The lowest BCUT2D eigenvalue weighted by molar-refractivity contribution is -0.137. The number of hydrogen-bond donors (Lipinski definition) is 2. The van der Waals surface area contributed by atoms with Crippen LogP contribution in [0.4, 0.5) is 0 Å². The van der Waals surface area contributed by atoms with Gasteiger partial charge in [-0.1, -0.05) is 34.1 Å². The number of phenols is 2. The van der Waals surface area contributed by atoms with Gasteiger partial charge in [0.2, 0.25) is 0 Å². The summed E-state index contributed by atoms with van der Waals surface area (Å²) in [6.45, 7) is 9.50. The minimum Gasteiger partial charge on any atom is -0.504 e. The van der Waals surface area contributed by atoms with Gasteiger partial charge in [0.05, 0.1) is 12.7 Å². The van der Waals surface area contributed by atoms with Gasteiger partial charge < -0.3 is 14.9 Å². The molecule has 1 saturated carbocycles. The first kappa shape index (κ1) is 15.3. The summed E-state index contributed by atoms with van der Waals surface area (Å²) in [4.78, 5) is 0. The number of hydrogen-bond acceptors (Lipinski definition) is 3. The van der Waals surface area contributed by atoms with Gasteiger partial charge in [0.1, 0.15) is 0 Å². The predicted molar refractivity (Wildman–Crippen MR) is 90.0 cm³/mol. The third-order valence-corrected chi connectivity index (χ3v) is 6.85. The maximum atomic E-state index is 10.9. The minimum atomic E-state index is -0.122. The second kappa shape index (κ2) is 4.66. The van der Waals surface area contributed by atoms with Crippen molar-refractivity contribution in [3.63, 3.8) is 0 Å². The van der Waals surface area contributed by atoms with Gasteiger partial charge in [-0.2, -0.15) is 0 Å². The van der Waals surface area contributed by atoms with Crippen LogP contribution in [0.15, 0.2) is 6.07 Å². The molecule has 0 aromatic heterocycles. The van der Waals surface area contributed by atoms with E-state index in [4.69, 9.17) is 4.74 Å². The van der Waals surface area contributed by atoms with E-state index in [1.807, 2.05) is 13.8 Å². The van der Waals surface area contributed by atoms with E-state index in [1.165, 1.54) is 6.42 Å². The number of rotatable bonds is 1. The number of benzene rings is 1. The van der Waals surface area contributed by atoms with Crippen LogP contribution in [0.2, 0.25) is 0 Å². The SMILES string of the molecule is CC(C)c1cc2c(c(O)c1O)[C@]13CCCC(C)(C)[C@@H]1C[C@@H]2OC3. The average Bonchev–Trinajstić information content (AvgIpc) is 2.49. The molecular weight excluding hydrogens is 288 g/mol. The number of ether oxygens (including phenoxy) is 1. The monoisotopic (exact) mass is 316 g/mol. The number of fused-ring (bicyclic) bond motifs is 1. The summed E-state index contributed by atoms with van der Waals surface area (Å²) >= 11 is 0. The van der Waals surface area contributed by atoms with Crippen molar-refractivity contribution in [2.45, 2.75) is 70.8 Å². The lowest BCUT2D eigenvalue weighted by Gasteiger charge is -2.60. The van der Waals surface area contributed by atoms with Crippen LogP contribution < -0.4 is 0 Å². The normalized spacial score (nSPS) is 34.3. The van der Waals surface area contributed by atoms with E-state index in [0.29, 0.717) is 12.5 Å². The molecule has 126 valence electrons. The van der Waals surface area contributed by atoms with E-state index in [0.717, 1.165) is 36.0 Å². The third kappa shape index (κ3) is 1.86. The fourth-order valence-corrected chi connectivity index (χ4v) is 5.71. The van der Waals surface area contributed by atoms with Crippen molar-refractivity contribution >= 4 is 0 Å². The molecule has 1 saturated heterocycles. The standard InChI is InChI=1S/C20H28O3/c1-11(2)12-8-13-14-9-15-19(3,4)6-5-7-20(15,10-23-14)16(13)18(22)17(12)21/h8,11,14-15,21-22H,5-7,9-10H2,1-4H3/t14-,15-,20-/m0/s1. The summed E-state index contributed by atoms with van der Waals surface area (Å²) in [5, 5.41) is 21.5. The van der Waals surface area contributed by atoms with E-state index in [-0.39, 0.29) is 34.4 Å². The Morgan fingerprint density at radius 3 is 2.61 bits per heavy atom. The average molecular weight is 316 g/mol. The summed E-state index contributed by atoms with van der Waals surface area (Å²) in [5.74, 6) is 0.914. The maximum Gasteiger partial charge on any atom is 0.162 e. The lowest BCUT2D eigenvalue weighted by Crippen LogP contribution is -2.56. The van der Waals surface area contributed by atoms with Gasteiger partial charge in [-0.05, 0) is 48.1 Å². The van der Waals surface area contributed by atoms with Crippen LogP contribution in [0.1, 0.15) is 82.1 Å². The van der Waals surface area contributed by atoms with Gasteiger partial charge in [-0.3, -0.25) is 0 Å². The van der Waals surface area contributed by atoms with Crippen molar-refractivity contribution in [3.05, 3.63) is 22.8 Å². The molecule has 4 aliphatic rings. The van der Waals surface area contributed by atoms with Gasteiger partial charge >= 0.3 is 0 Å². The van der Waals surface area contributed by atoms with Gasteiger partial charge in [-0.25, -0.2) is 0 Å². The molecule has 0 unspecified atom stereocenters. The molecule has 2 aliphatic carbocycles.